The van der Waals surface area contributed by atoms with Crippen LogP contribution in [0.4, 0.5) is 0 Å². The van der Waals surface area contributed by atoms with Crippen molar-refractivity contribution in [1.82, 2.24) is 9.88 Å². The number of carbonyl (C=O) groups is 1. The first kappa shape index (κ1) is 16.5. The third-order valence-corrected chi connectivity index (χ3v) is 6.29. The second-order valence-electron chi connectivity index (χ2n) is 6.48. The molecule has 3 nitrogen and oxygen atoms in total. The summed E-state index contributed by atoms with van der Waals surface area (Å²) >= 11 is 3.23. The maximum absolute atomic E-state index is 13.1. The van der Waals surface area contributed by atoms with E-state index in [1.54, 1.807) is 22.7 Å². The molecule has 25 heavy (non-hydrogen) atoms. The Morgan fingerprint density at radius 2 is 2.00 bits per heavy atom. The van der Waals surface area contributed by atoms with E-state index < -0.39 is 0 Å². The minimum atomic E-state index is 0.142. The smallest absolute Gasteiger partial charge is 0.266 e. The molecule has 1 aliphatic carbocycles. The van der Waals surface area contributed by atoms with Crippen molar-refractivity contribution in [3.05, 3.63) is 73.9 Å². The van der Waals surface area contributed by atoms with Crippen LogP contribution in [0.25, 0.3) is 0 Å². The lowest BCUT2D eigenvalue weighted by atomic mass is 10.2. The predicted molar refractivity (Wildman–Crippen MR) is 103 cm³/mol. The summed E-state index contributed by atoms with van der Waals surface area (Å²) in [4.78, 5) is 20.6. The van der Waals surface area contributed by atoms with E-state index in [0.29, 0.717) is 12.6 Å². The first-order valence-corrected chi connectivity index (χ1v) is 10.3. The number of thiazole rings is 1. The van der Waals surface area contributed by atoms with Gasteiger partial charge in [-0.15, -0.1) is 11.3 Å². The number of thiophene rings is 1. The van der Waals surface area contributed by atoms with Gasteiger partial charge in [-0.2, -0.15) is 11.3 Å². The molecule has 3 aromatic rings. The largest absolute Gasteiger partial charge is 0.331 e. The van der Waals surface area contributed by atoms with Gasteiger partial charge in [0.15, 0.2) is 0 Å². The summed E-state index contributed by atoms with van der Waals surface area (Å²) in [6.45, 7) is 2.66. The molecule has 1 amide bonds. The molecule has 4 rings (SSSR count). The van der Waals surface area contributed by atoms with E-state index in [9.17, 15) is 4.79 Å². The zero-order chi connectivity index (χ0) is 17.2. The molecule has 0 bridgehead atoms. The Morgan fingerprint density at radius 3 is 2.68 bits per heavy atom. The number of hydrogen-bond acceptors (Lipinski definition) is 4. The normalized spacial score (nSPS) is 13.8. The molecule has 2 aromatic heterocycles. The van der Waals surface area contributed by atoms with E-state index in [4.69, 9.17) is 0 Å². The maximum atomic E-state index is 13.1. The lowest BCUT2D eigenvalue weighted by Gasteiger charge is -2.21. The van der Waals surface area contributed by atoms with E-state index in [1.165, 1.54) is 11.1 Å². The Labute approximate surface area is 156 Å². The number of rotatable bonds is 6. The number of carbonyl (C=O) groups excluding carboxylic acids is 1. The molecule has 128 valence electrons. The highest BCUT2D eigenvalue weighted by Crippen LogP contribution is 2.32. The van der Waals surface area contributed by atoms with Crippen molar-refractivity contribution in [3.63, 3.8) is 0 Å². The average Bonchev–Trinajstić information content (AvgIpc) is 3.20. The van der Waals surface area contributed by atoms with E-state index in [0.717, 1.165) is 34.8 Å². The first-order chi connectivity index (χ1) is 12.2. The second kappa shape index (κ2) is 7.10. The second-order valence-corrected chi connectivity index (χ2v) is 8.34. The molecule has 1 fully saturated rings. The third kappa shape index (κ3) is 3.83. The molecule has 5 heteroatoms. The van der Waals surface area contributed by atoms with Gasteiger partial charge >= 0.3 is 0 Å². The van der Waals surface area contributed by atoms with Crippen LogP contribution in [-0.4, -0.2) is 21.8 Å². The lowest BCUT2D eigenvalue weighted by molar-refractivity contribution is 0.0734. The van der Waals surface area contributed by atoms with Gasteiger partial charge in [0.2, 0.25) is 0 Å². The van der Waals surface area contributed by atoms with Crippen molar-refractivity contribution < 1.29 is 4.79 Å². The molecule has 0 saturated heterocycles. The predicted octanol–water partition coefficient (Wildman–Crippen LogP) is 4.91. The fraction of sp³-hybridized carbons (Fsp3) is 0.300. The van der Waals surface area contributed by atoms with Gasteiger partial charge in [0.05, 0.1) is 10.7 Å². The maximum Gasteiger partial charge on any atom is 0.266 e. The third-order valence-electron chi connectivity index (χ3n) is 4.41. The van der Waals surface area contributed by atoms with E-state index in [2.05, 4.69) is 33.9 Å². The van der Waals surface area contributed by atoms with E-state index in [1.807, 2.05) is 30.0 Å². The van der Waals surface area contributed by atoms with Gasteiger partial charge in [0.25, 0.3) is 5.91 Å². The summed E-state index contributed by atoms with van der Waals surface area (Å²) in [5, 5.41) is 5.21. The van der Waals surface area contributed by atoms with Crippen molar-refractivity contribution in [2.45, 2.75) is 38.8 Å². The highest BCUT2D eigenvalue weighted by Gasteiger charge is 2.34. The number of nitrogens with zero attached hydrogens (tertiary/aromatic N) is 2. The van der Waals surface area contributed by atoms with Crippen LogP contribution in [0, 0.1) is 6.92 Å². The Bertz CT molecular complexity index is 851. The molecule has 1 saturated carbocycles. The van der Waals surface area contributed by atoms with Crippen molar-refractivity contribution >= 4 is 28.6 Å². The standard InChI is InChI=1S/C20H20N2OS2/c1-14-19(25-18(21-14)11-15-5-3-2-4-6-15)20(23)22(17-7-8-17)12-16-9-10-24-13-16/h2-6,9-10,13,17H,7-8,11-12H2,1H3. The van der Waals surface area contributed by atoms with Gasteiger partial charge in [-0.25, -0.2) is 4.98 Å². The number of aryl methyl sites for hydroxylation is 1. The van der Waals surface area contributed by atoms with Crippen molar-refractivity contribution in [2.75, 3.05) is 0 Å². The lowest BCUT2D eigenvalue weighted by Crippen LogP contribution is -2.32. The van der Waals surface area contributed by atoms with E-state index in [-0.39, 0.29) is 5.91 Å². The number of aromatic nitrogens is 1. The van der Waals surface area contributed by atoms with Crippen LogP contribution in [0.2, 0.25) is 0 Å². The summed E-state index contributed by atoms with van der Waals surface area (Å²) in [7, 11) is 0. The van der Waals surface area contributed by atoms with Gasteiger partial charge in [0.1, 0.15) is 4.88 Å². The topological polar surface area (TPSA) is 33.2 Å². The fourth-order valence-corrected chi connectivity index (χ4v) is 4.67. The molecule has 1 aliphatic rings. The summed E-state index contributed by atoms with van der Waals surface area (Å²) in [6.07, 6.45) is 3.02. The van der Waals surface area contributed by atoms with Gasteiger partial charge in [0, 0.05) is 19.0 Å². The summed E-state index contributed by atoms with van der Waals surface area (Å²) in [5.74, 6) is 0.142. The molecular formula is C20H20N2OS2. The molecule has 0 spiro atoms. The van der Waals surface area contributed by atoms with Crippen LogP contribution < -0.4 is 0 Å². The highest BCUT2D eigenvalue weighted by molar-refractivity contribution is 7.13. The summed E-state index contributed by atoms with van der Waals surface area (Å²) < 4.78 is 0. The number of hydrogen-bond donors (Lipinski definition) is 0. The highest BCUT2D eigenvalue weighted by atomic mass is 32.1. The molecule has 0 atom stereocenters. The van der Waals surface area contributed by atoms with Gasteiger partial charge < -0.3 is 4.90 Å². The monoisotopic (exact) mass is 368 g/mol. The minimum Gasteiger partial charge on any atom is -0.331 e. The molecule has 0 aliphatic heterocycles. The van der Waals surface area contributed by atoms with Crippen LogP contribution in [0.1, 0.15) is 44.3 Å². The quantitative estimate of drug-likeness (QED) is 0.619. The SMILES string of the molecule is Cc1nc(Cc2ccccc2)sc1C(=O)N(Cc1ccsc1)C1CC1. The molecule has 0 radical (unpaired) electrons. The van der Waals surface area contributed by atoms with Gasteiger partial charge in [-0.05, 0) is 47.7 Å². The molecule has 0 unspecified atom stereocenters. The van der Waals surface area contributed by atoms with Gasteiger partial charge in [-0.3, -0.25) is 4.79 Å². The summed E-state index contributed by atoms with van der Waals surface area (Å²) in [5.41, 5.74) is 3.31. The van der Waals surface area contributed by atoms with Crippen molar-refractivity contribution in [3.8, 4) is 0 Å². The molecular weight excluding hydrogens is 348 g/mol. The van der Waals surface area contributed by atoms with Crippen LogP contribution in [-0.2, 0) is 13.0 Å². The minimum absolute atomic E-state index is 0.142. The average molecular weight is 369 g/mol. The zero-order valence-electron chi connectivity index (χ0n) is 14.1. The van der Waals surface area contributed by atoms with Crippen molar-refractivity contribution in [2.24, 2.45) is 0 Å². The molecule has 2 heterocycles. The van der Waals surface area contributed by atoms with Crippen LogP contribution >= 0.6 is 22.7 Å². The first-order valence-electron chi connectivity index (χ1n) is 8.53. The van der Waals surface area contributed by atoms with Crippen LogP contribution in [0.5, 0.6) is 0 Å². The zero-order valence-corrected chi connectivity index (χ0v) is 15.8. The number of amides is 1. The van der Waals surface area contributed by atoms with Crippen LogP contribution in [0.3, 0.4) is 0 Å². The summed E-state index contributed by atoms with van der Waals surface area (Å²) in [6, 6.07) is 12.8. The Kier molecular flexibility index (Phi) is 4.68. The Balaban J connectivity index is 1.54. The number of benzene rings is 1. The molecule has 1 aromatic carbocycles. The van der Waals surface area contributed by atoms with Gasteiger partial charge in [-0.1, -0.05) is 30.3 Å². The Morgan fingerprint density at radius 1 is 1.20 bits per heavy atom. The van der Waals surface area contributed by atoms with Crippen LogP contribution in [0.15, 0.2) is 47.2 Å². The van der Waals surface area contributed by atoms with Crippen molar-refractivity contribution in [1.29, 1.82) is 0 Å². The molecule has 0 N–H and O–H groups in total. The fourth-order valence-electron chi connectivity index (χ4n) is 2.96. The van der Waals surface area contributed by atoms with E-state index >= 15 is 0 Å². The Hall–Kier alpha value is -1.98.